The van der Waals surface area contributed by atoms with Crippen LogP contribution >= 0.6 is 11.6 Å². The van der Waals surface area contributed by atoms with E-state index in [4.69, 9.17) is 30.5 Å². The molecule has 12 heteroatoms. The van der Waals surface area contributed by atoms with Crippen molar-refractivity contribution in [1.29, 1.82) is 0 Å². The highest BCUT2D eigenvalue weighted by molar-refractivity contribution is 6.32. The Morgan fingerprint density at radius 2 is 1.95 bits per heavy atom. The maximum Gasteiger partial charge on any atom is 0.299 e. The number of carbonyl (C=O) groups excluding carboxylic acids is 2. The molecule has 2 aromatic rings. The number of hydrogen-bond donors (Lipinski definition) is 2. The minimum atomic E-state index is -0.703. The number of benzene rings is 1. The second kappa shape index (κ2) is 12.2. The van der Waals surface area contributed by atoms with Gasteiger partial charge in [0.1, 0.15) is 5.75 Å². The number of hydrogen-bond acceptors (Lipinski definition) is 8. The number of amides is 2. The van der Waals surface area contributed by atoms with Crippen molar-refractivity contribution in [3.05, 3.63) is 56.7 Å². The first-order valence-corrected chi connectivity index (χ1v) is 12.6. The molecule has 0 radical (unpaired) electrons. The molecule has 1 unspecified atom stereocenters. The Balaban J connectivity index is 1.86. The molecule has 0 saturated carbocycles. The van der Waals surface area contributed by atoms with Crippen LogP contribution in [0.2, 0.25) is 5.02 Å². The molecule has 1 aromatic heterocycles. The number of nitrogens with zero attached hydrogens (tertiary/aromatic N) is 2. The number of allylic oxidation sites excluding steroid dienone is 2. The Kier molecular flexibility index (Phi) is 9.28. The number of methoxy groups -OCH3 is 3. The number of nitrogens with one attached hydrogen (secondary N) is 2. The van der Waals surface area contributed by atoms with Crippen molar-refractivity contribution < 1.29 is 28.5 Å². The summed E-state index contributed by atoms with van der Waals surface area (Å²) in [5.41, 5.74) is 1.17. The second-order valence-corrected chi connectivity index (χ2v) is 9.59. The average molecular weight is 561 g/mol. The summed E-state index contributed by atoms with van der Waals surface area (Å²) < 4.78 is 21.1. The lowest BCUT2D eigenvalue weighted by atomic mass is 9.74. The second-order valence-electron chi connectivity index (χ2n) is 9.19. The minimum absolute atomic E-state index is 0.0461. The number of rotatable bonds is 9. The quantitative estimate of drug-likeness (QED) is 0.263. The van der Waals surface area contributed by atoms with Crippen LogP contribution in [-0.2, 0) is 19.7 Å². The van der Waals surface area contributed by atoms with Gasteiger partial charge in [-0.1, -0.05) is 25.4 Å². The fourth-order valence-corrected chi connectivity index (χ4v) is 4.53. The summed E-state index contributed by atoms with van der Waals surface area (Å²) in [5.74, 6) is -0.534. The number of fused-ring (bicyclic) bond motifs is 1. The van der Waals surface area contributed by atoms with Gasteiger partial charge < -0.3 is 29.2 Å². The Labute approximate surface area is 231 Å². The van der Waals surface area contributed by atoms with Crippen molar-refractivity contribution in [2.75, 3.05) is 38.1 Å². The van der Waals surface area contributed by atoms with Crippen molar-refractivity contribution in [2.45, 2.75) is 46.0 Å². The molecule has 0 aliphatic carbocycles. The van der Waals surface area contributed by atoms with Gasteiger partial charge in [0.05, 0.1) is 32.6 Å². The summed E-state index contributed by atoms with van der Waals surface area (Å²) in [6.45, 7) is 8.07. The first-order valence-electron chi connectivity index (χ1n) is 12.2. The molecule has 0 spiro atoms. The van der Waals surface area contributed by atoms with Crippen LogP contribution in [0.5, 0.6) is 17.6 Å². The number of anilines is 2. The third-order valence-electron chi connectivity index (χ3n) is 6.81. The largest absolute Gasteiger partial charge is 0.491 e. The van der Waals surface area contributed by atoms with Crippen molar-refractivity contribution in [3.63, 3.8) is 0 Å². The smallest absolute Gasteiger partial charge is 0.299 e. The first kappa shape index (κ1) is 29.6. The lowest BCUT2D eigenvalue weighted by Gasteiger charge is -2.40. The van der Waals surface area contributed by atoms with E-state index in [9.17, 15) is 14.4 Å². The van der Waals surface area contributed by atoms with Crippen LogP contribution in [0, 0.1) is 0 Å². The zero-order valence-corrected chi connectivity index (χ0v) is 23.8. The lowest BCUT2D eigenvalue weighted by molar-refractivity contribution is -0.117. The fourth-order valence-electron chi connectivity index (χ4n) is 4.32. The minimum Gasteiger partial charge on any atom is -0.491 e. The highest BCUT2D eigenvalue weighted by Gasteiger charge is 2.36. The summed E-state index contributed by atoms with van der Waals surface area (Å²) in [6.07, 6.45) is 4.61. The summed E-state index contributed by atoms with van der Waals surface area (Å²) >= 11 is 6.52. The van der Waals surface area contributed by atoms with Crippen molar-refractivity contribution in [2.24, 2.45) is 0 Å². The van der Waals surface area contributed by atoms with Gasteiger partial charge in [-0.2, -0.15) is 4.98 Å². The Bertz CT molecular complexity index is 1380. The van der Waals surface area contributed by atoms with Gasteiger partial charge in [-0.3, -0.25) is 19.4 Å². The van der Waals surface area contributed by atoms with E-state index in [1.165, 1.54) is 40.6 Å². The van der Waals surface area contributed by atoms with E-state index in [2.05, 4.69) is 29.1 Å². The first-order chi connectivity index (χ1) is 18.5. The molecular weight excluding hydrogens is 528 g/mol. The predicted octanol–water partition coefficient (Wildman–Crippen LogP) is 4.32. The van der Waals surface area contributed by atoms with Gasteiger partial charge in [-0.15, -0.1) is 0 Å². The zero-order chi connectivity index (χ0) is 28.9. The van der Waals surface area contributed by atoms with E-state index in [1.807, 2.05) is 6.07 Å². The van der Waals surface area contributed by atoms with E-state index in [0.717, 1.165) is 24.1 Å². The van der Waals surface area contributed by atoms with Crippen LogP contribution in [0.15, 0.2) is 40.6 Å². The molecule has 0 fully saturated rings. The molecule has 0 bridgehead atoms. The summed E-state index contributed by atoms with van der Waals surface area (Å²) in [5, 5.41) is 2.80. The van der Waals surface area contributed by atoms with Crippen LogP contribution < -0.4 is 30.0 Å². The van der Waals surface area contributed by atoms with Crippen molar-refractivity contribution >= 4 is 34.8 Å². The molecule has 3 rings (SSSR count). The molecule has 2 N–H and O–H groups in total. The van der Waals surface area contributed by atoms with Crippen LogP contribution in [0.4, 0.5) is 11.4 Å². The molecule has 2 amide bonds. The molecular formula is C27H33ClN4O7. The van der Waals surface area contributed by atoms with Gasteiger partial charge in [-0.25, -0.2) is 0 Å². The molecule has 1 aliphatic rings. The number of halogens is 1. The average Bonchev–Trinajstić information content (AvgIpc) is 2.90. The van der Waals surface area contributed by atoms with E-state index < -0.39 is 11.5 Å². The van der Waals surface area contributed by atoms with Gasteiger partial charge in [0, 0.05) is 19.2 Å². The lowest BCUT2D eigenvalue weighted by Crippen LogP contribution is -2.41. The Morgan fingerprint density at radius 1 is 1.23 bits per heavy atom. The topological polar surface area (TPSA) is 132 Å². The summed E-state index contributed by atoms with van der Waals surface area (Å²) in [7, 11) is 3.97. The van der Waals surface area contributed by atoms with Gasteiger partial charge in [0.2, 0.25) is 11.8 Å². The SMILES string of the molecule is CCC1(C)CCN(C(C)=O)c2cc(Cl)c(O/C=C/C(C)=C(\OC)C(=O)Nc3c(OC)nc(OC)[nH]c3=O)cc21. The fraction of sp³-hybridized carbons (Fsp3) is 0.407. The third kappa shape index (κ3) is 6.19. The highest BCUT2D eigenvalue weighted by atomic mass is 35.5. The van der Waals surface area contributed by atoms with Crippen LogP contribution in [0.3, 0.4) is 0 Å². The molecule has 2 heterocycles. The predicted molar refractivity (Wildman–Crippen MR) is 148 cm³/mol. The summed E-state index contributed by atoms with van der Waals surface area (Å²) in [6, 6.07) is 3.54. The normalized spacial score (nSPS) is 17.3. The summed E-state index contributed by atoms with van der Waals surface area (Å²) in [4.78, 5) is 45.6. The maximum absolute atomic E-state index is 12.9. The molecule has 11 nitrogen and oxygen atoms in total. The zero-order valence-electron chi connectivity index (χ0n) is 23.1. The van der Waals surface area contributed by atoms with Gasteiger partial charge in [-0.05, 0) is 54.5 Å². The molecule has 210 valence electrons. The molecule has 0 saturated heterocycles. The number of H-pyrrole nitrogens is 1. The molecule has 1 atom stereocenters. The number of aromatic amines is 1. The van der Waals surface area contributed by atoms with Gasteiger partial charge in [0.25, 0.3) is 17.5 Å². The molecule has 39 heavy (non-hydrogen) atoms. The molecule has 1 aliphatic heterocycles. The third-order valence-corrected chi connectivity index (χ3v) is 7.11. The van der Waals surface area contributed by atoms with Crippen molar-refractivity contribution in [3.8, 4) is 17.6 Å². The number of ether oxygens (including phenoxy) is 4. The highest BCUT2D eigenvalue weighted by Crippen LogP contribution is 2.46. The van der Waals surface area contributed by atoms with Crippen LogP contribution in [-0.4, -0.2) is 49.7 Å². The van der Waals surface area contributed by atoms with Crippen molar-refractivity contribution in [1.82, 2.24) is 9.97 Å². The van der Waals surface area contributed by atoms with E-state index >= 15 is 0 Å². The van der Waals surface area contributed by atoms with Gasteiger partial charge in [0.15, 0.2) is 11.4 Å². The maximum atomic E-state index is 12.9. The van der Waals surface area contributed by atoms with E-state index in [0.29, 0.717) is 22.9 Å². The van der Waals surface area contributed by atoms with Gasteiger partial charge >= 0.3 is 0 Å². The van der Waals surface area contributed by atoms with E-state index in [1.54, 1.807) is 17.9 Å². The Morgan fingerprint density at radius 3 is 2.54 bits per heavy atom. The number of aromatic nitrogens is 2. The standard InChI is InChI=1S/C27H33ClN4O7/c1-8-27(4)10-11-32(16(3)33)19-14-18(28)20(13-17(19)27)39-12-9-15(2)22(36-5)24(35)29-21-23(34)30-26(38-7)31-25(21)37-6/h9,12-14H,8,10-11H2,1-7H3,(H,29,35)(H,30,31,34)/b12-9+,22-15-. The monoisotopic (exact) mass is 560 g/mol. The number of carbonyl (C=O) groups is 2. The Hall–Kier alpha value is -3.99. The van der Waals surface area contributed by atoms with Crippen LogP contribution in [0.25, 0.3) is 0 Å². The molecule has 1 aromatic carbocycles. The van der Waals surface area contributed by atoms with E-state index in [-0.39, 0.29) is 34.7 Å². The van der Waals surface area contributed by atoms with Crippen LogP contribution in [0.1, 0.15) is 46.1 Å².